The number of aromatic nitrogens is 2. The zero-order valence-electron chi connectivity index (χ0n) is 16.0. The fraction of sp³-hybridized carbons (Fsp3) is 0.211. The third kappa shape index (κ3) is 5.76. The minimum atomic E-state index is -3.82. The smallest absolute Gasteiger partial charge is 0.269 e. The van der Waals surface area contributed by atoms with Crippen LogP contribution in [0.25, 0.3) is 0 Å². The predicted molar refractivity (Wildman–Crippen MR) is 116 cm³/mol. The Morgan fingerprint density at radius 1 is 1.13 bits per heavy atom. The second-order valence-electron chi connectivity index (χ2n) is 6.16. The van der Waals surface area contributed by atoms with Crippen LogP contribution >= 0.6 is 22.9 Å². The van der Waals surface area contributed by atoms with E-state index in [2.05, 4.69) is 20.2 Å². The van der Waals surface area contributed by atoms with E-state index in [9.17, 15) is 13.2 Å². The van der Waals surface area contributed by atoms with Crippen LogP contribution in [0.3, 0.4) is 0 Å². The summed E-state index contributed by atoms with van der Waals surface area (Å²) < 4.78 is 32.2. The topological polar surface area (TPSA) is 110 Å². The van der Waals surface area contributed by atoms with E-state index in [0.29, 0.717) is 12.8 Å². The molecule has 0 aliphatic heterocycles. The van der Waals surface area contributed by atoms with Crippen LogP contribution in [0.1, 0.15) is 22.3 Å². The molecule has 0 unspecified atom stereocenters. The standard InChI is InChI=1S/C19H19ClN4O4S2/c1-28-14-10-8-13(9-11-14)5-4-12-21-30(26,27)19-24-23-18(29-19)22-17(25)15-6-2-3-7-16(15)20/h2-3,6-11,21H,4-5,12H2,1H3,(H,22,23,25). The highest BCUT2D eigenvalue weighted by atomic mass is 35.5. The maximum absolute atomic E-state index is 12.4. The molecule has 8 nitrogen and oxygen atoms in total. The van der Waals surface area contributed by atoms with E-state index in [1.54, 1.807) is 31.4 Å². The van der Waals surface area contributed by atoms with E-state index in [-0.39, 0.29) is 26.6 Å². The lowest BCUT2D eigenvalue weighted by molar-refractivity contribution is 0.102. The van der Waals surface area contributed by atoms with Gasteiger partial charge in [0.2, 0.25) is 9.47 Å². The van der Waals surface area contributed by atoms with Gasteiger partial charge in [-0.05, 0) is 42.7 Å². The maximum atomic E-state index is 12.4. The Hall–Kier alpha value is -2.53. The zero-order chi connectivity index (χ0) is 21.6. The summed E-state index contributed by atoms with van der Waals surface area (Å²) in [6.07, 6.45) is 1.32. The molecule has 0 saturated heterocycles. The molecule has 2 aromatic carbocycles. The number of nitrogens with one attached hydrogen (secondary N) is 2. The summed E-state index contributed by atoms with van der Waals surface area (Å²) in [4.78, 5) is 12.3. The summed E-state index contributed by atoms with van der Waals surface area (Å²) in [5.41, 5.74) is 1.34. The average Bonchev–Trinajstić information content (AvgIpc) is 3.21. The molecule has 0 fully saturated rings. The highest BCUT2D eigenvalue weighted by Gasteiger charge is 2.21. The number of hydrogen-bond acceptors (Lipinski definition) is 7. The summed E-state index contributed by atoms with van der Waals surface area (Å²) in [7, 11) is -2.21. The number of halogens is 1. The van der Waals surface area contributed by atoms with Gasteiger partial charge in [0.25, 0.3) is 15.9 Å². The number of anilines is 1. The van der Waals surface area contributed by atoms with Crippen molar-refractivity contribution in [1.82, 2.24) is 14.9 Å². The number of rotatable bonds is 9. The van der Waals surface area contributed by atoms with Crippen molar-refractivity contribution < 1.29 is 17.9 Å². The Morgan fingerprint density at radius 2 is 1.87 bits per heavy atom. The molecule has 0 aliphatic carbocycles. The van der Waals surface area contributed by atoms with Crippen LogP contribution in [-0.4, -0.2) is 38.2 Å². The number of carbonyl (C=O) groups is 1. The van der Waals surface area contributed by atoms with Gasteiger partial charge < -0.3 is 4.74 Å². The third-order valence-electron chi connectivity index (χ3n) is 4.07. The molecule has 30 heavy (non-hydrogen) atoms. The fourth-order valence-electron chi connectivity index (χ4n) is 2.53. The Bertz CT molecular complexity index is 1120. The summed E-state index contributed by atoms with van der Waals surface area (Å²) in [6, 6.07) is 14.1. The minimum absolute atomic E-state index is 0.0681. The molecule has 0 bridgehead atoms. The van der Waals surface area contributed by atoms with Gasteiger partial charge in [0.05, 0.1) is 17.7 Å². The molecule has 0 atom stereocenters. The monoisotopic (exact) mass is 466 g/mol. The van der Waals surface area contributed by atoms with Crippen molar-refractivity contribution in [3.8, 4) is 5.75 Å². The molecule has 2 N–H and O–H groups in total. The van der Waals surface area contributed by atoms with E-state index < -0.39 is 15.9 Å². The number of aryl methyl sites for hydroxylation is 1. The molecule has 0 spiro atoms. The van der Waals surface area contributed by atoms with Crippen LogP contribution in [0.2, 0.25) is 5.02 Å². The number of nitrogens with zero attached hydrogens (tertiary/aromatic N) is 2. The van der Waals surface area contributed by atoms with Gasteiger partial charge in [0.15, 0.2) is 0 Å². The van der Waals surface area contributed by atoms with Gasteiger partial charge in [-0.1, -0.05) is 47.2 Å². The number of benzene rings is 2. The summed E-state index contributed by atoms with van der Waals surface area (Å²) in [5.74, 6) is 0.279. The second kappa shape index (κ2) is 9.98. The van der Waals surface area contributed by atoms with Crippen LogP contribution < -0.4 is 14.8 Å². The van der Waals surface area contributed by atoms with Crippen molar-refractivity contribution in [2.24, 2.45) is 0 Å². The van der Waals surface area contributed by atoms with Gasteiger partial charge in [-0.15, -0.1) is 10.2 Å². The van der Waals surface area contributed by atoms with E-state index in [1.165, 1.54) is 0 Å². The average molecular weight is 467 g/mol. The van der Waals surface area contributed by atoms with Crippen molar-refractivity contribution in [1.29, 1.82) is 0 Å². The molecule has 3 rings (SSSR count). The van der Waals surface area contributed by atoms with Crippen LogP contribution in [0, 0.1) is 0 Å². The van der Waals surface area contributed by atoms with Gasteiger partial charge in [-0.2, -0.15) is 0 Å². The zero-order valence-corrected chi connectivity index (χ0v) is 18.4. The summed E-state index contributed by atoms with van der Waals surface area (Å²) in [6.45, 7) is 0.245. The second-order valence-corrected chi connectivity index (χ2v) is 9.48. The van der Waals surface area contributed by atoms with Crippen molar-refractivity contribution in [3.63, 3.8) is 0 Å². The number of carbonyl (C=O) groups excluding carboxylic acids is 1. The van der Waals surface area contributed by atoms with Gasteiger partial charge in [-0.25, -0.2) is 13.1 Å². The highest BCUT2D eigenvalue weighted by molar-refractivity contribution is 7.91. The molecule has 0 saturated carbocycles. The Morgan fingerprint density at radius 3 is 2.57 bits per heavy atom. The van der Waals surface area contributed by atoms with Gasteiger partial charge in [-0.3, -0.25) is 10.1 Å². The van der Waals surface area contributed by atoms with Crippen molar-refractivity contribution in [3.05, 3.63) is 64.7 Å². The molecule has 11 heteroatoms. The van der Waals surface area contributed by atoms with Crippen LogP contribution in [-0.2, 0) is 16.4 Å². The first-order chi connectivity index (χ1) is 14.4. The van der Waals surface area contributed by atoms with Crippen molar-refractivity contribution >= 4 is 44.0 Å². The quantitative estimate of drug-likeness (QED) is 0.369. The van der Waals surface area contributed by atoms with Crippen LogP contribution in [0.15, 0.2) is 52.9 Å². The number of hydrogen-bond donors (Lipinski definition) is 2. The highest BCUT2D eigenvalue weighted by Crippen LogP contribution is 2.22. The van der Waals surface area contributed by atoms with Gasteiger partial charge in [0, 0.05) is 6.54 Å². The van der Waals surface area contributed by atoms with Crippen molar-refractivity contribution in [2.75, 3.05) is 19.0 Å². The molecule has 3 aromatic rings. The first-order valence-corrected chi connectivity index (χ1v) is 11.6. The number of methoxy groups -OCH3 is 1. The van der Waals surface area contributed by atoms with E-state index >= 15 is 0 Å². The Labute approximate surface area is 183 Å². The molecule has 158 valence electrons. The normalized spacial score (nSPS) is 11.3. The lowest BCUT2D eigenvalue weighted by Gasteiger charge is -2.05. The summed E-state index contributed by atoms with van der Waals surface area (Å²) >= 11 is 6.75. The van der Waals surface area contributed by atoms with Crippen molar-refractivity contribution in [2.45, 2.75) is 17.2 Å². The molecular weight excluding hydrogens is 448 g/mol. The largest absolute Gasteiger partial charge is 0.497 e. The lowest BCUT2D eigenvalue weighted by atomic mass is 10.1. The predicted octanol–water partition coefficient (Wildman–Crippen LogP) is 3.36. The fourth-order valence-corrected chi connectivity index (χ4v) is 4.76. The van der Waals surface area contributed by atoms with E-state index in [1.807, 2.05) is 24.3 Å². The van der Waals surface area contributed by atoms with Gasteiger partial charge >= 0.3 is 0 Å². The van der Waals surface area contributed by atoms with Crippen LogP contribution in [0.4, 0.5) is 5.13 Å². The molecule has 1 amide bonds. The lowest BCUT2D eigenvalue weighted by Crippen LogP contribution is -2.25. The Kier molecular flexibility index (Phi) is 7.38. The molecule has 1 aromatic heterocycles. The number of amides is 1. The molecular formula is C19H19ClN4O4S2. The van der Waals surface area contributed by atoms with E-state index in [4.69, 9.17) is 16.3 Å². The first-order valence-electron chi connectivity index (χ1n) is 8.91. The van der Waals surface area contributed by atoms with E-state index in [0.717, 1.165) is 22.6 Å². The third-order valence-corrected chi connectivity index (χ3v) is 7.07. The molecule has 0 aliphatic rings. The Balaban J connectivity index is 1.53. The number of ether oxygens (including phenoxy) is 1. The molecule has 1 heterocycles. The van der Waals surface area contributed by atoms with Gasteiger partial charge in [0.1, 0.15) is 5.75 Å². The SMILES string of the molecule is COc1ccc(CCCNS(=O)(=O)c2nnc(NC(=O)c3ccccc3Cl)s2)cc1. The minimum Gasteiger partial charge on any atom is -0.497 e. The van der Waals surface area contributed by atoms with Crippen LogP contribution in [0.5, 0.6) is 5.75 Å². The maximum Gasteiger partial charge on any atom is 0.269 e. The first kappa shape index (κ1) is 22.2. The number of sulfonamides is 1. The molecule has 0 radical (unpaired) electrons. The summed E-state index contributed by atoms with van der Waals surface area (Å²) in [5, 5.41) is 10.3.